The number of hydrogen-bond donors (Lipinski definition) is 1. The van der Waals surface area contributed by atoms with Crippen molar-refractivity contribution in [2.75, 3.05) is 26.2 Å². The zero-order valence-electron chi connectivity index (χ0n) is 17.3. The molecule has 0 aliphatic carbocycles. The molecule has 8 nitrogen and oxygen atoms in total. The van der Waals surface area contributed by atoms with Crippen LogP contribution in [0, 0.1) is 6.92 Å². The van der Waals surface area contributed by atoms with E-state index < -0.39 is 0 Å². The Labute approximate surface area is 170 Å². The quantitative estimate of drug-likeness (QED) is 0.834. The third kappa shape index (κ3) is 5.28. The van der Waals surface area contributed by atoms with Gasteiger partial charge >= 0.3 is 6.03 Å². The van der Waals surface area contributed by atoms with Gasteiger partial charge in [0.15, 0.2) is 0 Å². The number of carbonyl (C=O) groups is 2. The second-order valence-corrected chi connectivity index (χ2v) is 7.52. The molecule has 8 heteroatoms. The highest BCUT2D eigenvalue weighted by Crippen LogP contribution is 2.19. The Balaban J connectivity index is 1.49. The van der Waals surface area contributed by atoms with Crippen molar-refractivity contribution in [3.8, 4) is 5.75 Å². The Bertz CT molecular complexity index is 839. The number of aromatic nitrogens is 1. The van der Waals surface area contributed by atoms with Crippen molar-refractivity contribution in [1.82, 2.24) is 20.3 Å². The summed E-state index contributed by atoms with van der Waals surface area (Å²) in [6, 6.07) is 9.09. The predicted molar refractivity (Wildman–Crippen MR) is 108 cm³/mol. The standard InChI is InChI=1S/C21H28N4O4/c1-14(2)28-18-7-5-17(6-8-18)16(4)22-21(27)25-11-9-24(10-12-25)20(26)19-13-15(3)23-29-19/h5-8,13-14,16H,9-12H2,1-4H3,(H,22,27). The SMILES string of the molecule is Cc1cc(C(=O)N2CCN(C(=O)NC(C)c3ccc(OC(C)C)cc3)CC2)on1. The van der Waals surface area contributed by atoms with Gasteiger partial charge in [0.2, 0.25) is 5.76 Å². The van der Waals surface area contributed by atoms with E-state index in [9.17, 15) is 9.59 Å². The molecule has 156 valence electrons. The van der Waals surface area contributed by atoms with Crippen LogP contribution in [0.1, 0.15) is 48.6 Å². The van der Waals surface area contributed by atoms with Crippen LogP contribution in [0.2, 0.25) is 0 Å². The maximum atomic E-state index is 12.6. The predicted octanol–water partition coefficient (Wildman–Crippen LogP) is 3.00. The molecule has 2 aromatic rings. The zero-order valence-corrected chi connectivity index (χ0v) is 17.3. The van der Waals surface area contributed by atoms with E-state index in [-0.39, 0.29) is 29.8 Å². The Kier molecular flexibility index (Phi) is 6.41. The van der Waals surface area contributed by atoms with E-state index >= 15 is 0 Å². The number of nitrogens with one attached hydrogen (secondary N) is 1. The number of urea groups is 1. The minimum absolute atomic E-state index is 0.122. The van der Waals surface area contributed by atoms with Crippen molar-refractivity contribution < 1.29 is 18.8 Å². The van der Waals surface area contributed by atoms with Crippen LogP contribution >= 0.6 is 0 Å². The maximum Gasteiger partial charge on any atom is 0.317 e. The van der Waals surface area contributed by atoms with Crippen molar-refractivity contribution in [3.05, 3.63) is 47.3 Å². The number of nitrogens with zero attached hydrogens (tertiary/aromatic N) is 3. The van der Waals surface area contributed by atoms with E-state index in [0.717, 1.165) is 11.3 Å². The van der Waals surface area contributed by atoms with Gasteiger partial charge in [0.25, 0.3) is 5.91 Å². The Morgan fingerprint density at radius 3 is 2.24 bits per heavy atom. The first-order chi connectivity index (χ1) is 13.8. The highest BCUT2D eigenvalue weighted by Gasteiger charge is 2.27. The van der Waals surface area contributed by atoms with Crippen LogP contribution in [0.15, 0.2) is 34.9 Å². The Hall–Kier alpha value is -3.03. The largest absolute Gasteiger partial charge is 0.491 e. The fraction of sp³-hybridized carbons (Fsp3) is 0.476. The molecule has 3 amide bonds. The lowest BCUT2D eigenvalue weighted by molar-refractivity contribution is 0.0623. The fourth-order valence-electron chi connectivity index (χ4n) is 3.20. The molecule has 0 radical (unpaired) electrons. The molecule has 1 aromatic carbocycles. The minimum atomic E-state index is -0.192. The van der Waals surface area contributed by atoms with E-state index in [0.29, 0.717) is 31.9 Å². The van der Waals surface area contributed by atoms with Gasteiger partial charge in [0.05, 0.1) is 17.8 Å². The first kappa shape index (κ1) is 20.7. The van der Waals surface area contributed by atoms with Gasteiger partial charge in [-0.25, -0.2) is 4.79 Å². The van der Waals surface area contributed by atoms with Crippen molar-refractivity contribution in [2.45, 2.75) is 39.8 Å². The minimum Gasteiger partial charge on any atom is -0.491 e. The van der Waals surface area contributed by atoms with Crippen LogP contribution in [0.25, 0.3) is 0 Å². The zero-order chi connectivity index (χ0) is 21.0. The Morgan fingerprint density at radius 2 is 1.69 bits per heavy atom. The lowest BCUT2D eigenvalue weighted by Crippen LogP contribution is -2.53. The molecular formula is C21H28N4O4. The molecule has 1 aromatic heterocycles. The van der Waals surface area contributed by atoms with E-state index in [2.05, 4.69) is 10.5 Å². The van der Waals surface area contributed by atoms with E-state index in [1.165, 1.54) is 0 Å². The maximum absolute atomic E-state index is 12.6. The van der Waals surface area contributed by atoms with Crippen LogP contribution in [-0.4, -0.2) is 59.2 Å². The number of aryl methyl sites for hydroxylation is 1. The topological polar surface area (TPSA) is 87.9 Å². The molecule has 3 rings (SSSR count). The third-order valence-corrected chi connectivity index (χ3v) is 4.78. The molecule has 1 aliphatic heterocycles. The number of amides is 3. The van der Waals surface area contributed by atoms with Crippen LogP contribution in [0.5, 0.6) is 5.75 Å². The molecule has 0 bridgehead atoms. The highest BCUT2D eigenvalue weighted by molar-refractivity contribution is 5.91. The average Bonchev–Trinajstić information content (AvgIpc) is 3.14. The molecule has 0 saturated carbocycles. The average molecular weight is 400 g/mol. The summed E-state index contributed by atoms with van der Waals surface area (Å²) in [5.41, 5.74) is 1.67. The summed E-state index contributed by atoms with van der Waals surface area (Å²) in [7, 11) is 0. The molecule has 1 N–H and O–H groups in total. The van der Waals surface area contributed by atoms with Gasteiger partial charge in [-0.05, 0) is 45.4 Å². The summed E-state index contributed by atoms with van der Waals surface area (Å²) >= 11 is 0. The lowest BCUT2D eigenvalue weighted by atomic mass is 10.1. The fourth-order valence-corrected chi connectivity index (χ4v) is 3.20. The molecular weight excluding hydrogens is 372 g/mol. The molecule has 1 aliphatic rings. The van der Waals surface area contributed by atoms with Crippen LogP contribution in [0.4, 0.5) is 4.79 Å². The molecule has 1 atom stereocenters. The monoisotopic (exact) mass is 400 g/mol. The van der Waals surface area contributed by atoms with Crippen molar-refractivity contribution in [3.63, 3.8) is 0 Å². The summed E-state index contributed by atoms with van der Waals surface area (Å²) in [6.45, 7) is 9.55. The van der Waals surface area contributed by atoms with E-state index in [1.54, 1.807) is 22.8 Å². The second-order valence-electron chi connectivity index (χ2n) is 7.52. The Morgan fingerprint density at radius 1 is 1.07 bits per heavy atom. The van der Waals surface area contributed by atoms with E-state index in [4.69, 9.17) is 9.26 Å². The van der Waals surface area contributed by atoms with Gasteiger partial charge in [-0.3, -0.25) is 4.79 Å². The molecule has 1 fully saturated rings. The summed E-state index contributed by atoms with van der Waals surface area (Å²) < 4.78 is 10.7. The smallest absolute Gasteiger partial charge is 0.317 e. The number of rotatable bonds is 5. The highest BCUT2D eigenvalue weighted by atomic mass is 16.5. The third-order valence-electron chi connectivity index (χ3n) is 4.78. The van der Waals surface area contributed by atoms with Gasteiger partial charge in [0.1, 0.15) is 5.75 Å². The van der Waals surface area contributed by atoms with Crippen molar-refractivity contribution in [1.29, 1.82) is 0 Å². The number of ether oxygens (including phenoxy) is 1. The second kappa shape index (κ2) is 8.98. The number of hydrogen-bond acceptors (Lipinski definition) is 5. The first-order valence-electron chi connectivity index (χ1n) is 9.88. The number of carbonyl (C=O) groups excluding carboxylic acids is 2. The molecule has 1 saturated heterocycles. The van der Waals surface area contributed by atoms with E-state index in [1.807, 2.05) is 45.0 Å². The van der Waals surface area contributed by atoms with Crippen molar-refractivity contribution >= 4 is 11.9 Å². The molecule has 29 heavy (non-hydrogen) atoms. The van der Waals surface area contributed by atoms with Gasteiger partial charge in [0, 0.05) is 32.2 Å². The number of benzene rings is 1. The number of piperazine rings is 1. The van der Waals surface area contributed by atoms with Crippen LogP contribution in [0.3, 0.4) is 0 Å². The van der Waals surface area contributed by atoms with Crippen LogP contribution in [-0.2, 0) is 0 Å². The summed E-state index contributed by atoms with van der Waals surface area (Å²) in [4.78, 5) is 28.4. The normalized spacial score (nSPS) is 15.3. The summed E-state index contributed by atoms with van der Waals surface area (Å²) in [5.74, 6) is 0.853. The van der Waals surface area contributed by atoms with Gasteiger partial charge in [-0.2, -0.15) is 0 Å². The summed E-state index contributed by atoms with van der Waals surface area (Å²) in [5, 5.41) is 6.77. The molecule has 2 heterocycles. The van der Waals surface area contributed by atoms with Crippen LogP contribution < -0.4 is 10.1 Å². The van der Waals surface area contributed by atoms with Gasteiger partial charge in [-0.15, -0.1) is 0 Å². The van der Waals surface area contributed by atoms with Gasteiger partial charge < -0.3 is 24.4 Å². The lowest BCUT2D eigenvalue weighted by Gasteiger charge is -2.34. The molecule has 1 unspecified atom stereocenters. The van der Waals surface area contributed by atoms with Crippen molar-refractivity contribution in [2.24, 2.45) is 0 Å². The first-order valence-corrected chi connectivity index (χ1v) is 9.88. The summed E-state index contributed by atoms with van der Waals surface area (Å²) in [6.07, 6.45) is 0.122. The molecule has 0 spiro atoms. The van der Waals surface area contributed by atoms with Gasteiger partial charge in [-0.1, -0.05) is 17.3 Å².